The van der Waals surface area contributed by atoms with Gasteiger partial charge in [-0.15, -0.1) is 0 Å². The van der Waals surface area contributed by atoms with E-state index in [1.807, 2.05) is 0 Å². The van der Waals surface area contributed by atoms with Crippen molar-refractivity contribution in [2.45, 2.75) is 13.0 Å². The Balaban J connectivity index is 1.47. The van der Waals surface area contributed by atoms with Crippen molar-refractivity contribution < 1.29 is 23.1 Å². The monoisotopic (exact) mass is 437 g/mol. The number of halogens is 3. The number of para-hydroxylation sites is 2. The summed E-state index contributed by atoms with van der Waals surface area (Å²) in [5.74, 6) is -0.613. The molecule has 30 heavy (non-hydrogen) atoms. The molecule has 1 aliphatic heterocycles. The van der Waals surface area contributed by atoms with Crippen molar-refractivity contribution in [1.82, 2.24) is 9.80 Å². The van der Waals surface area contributed by atoms with Crippen molar-refractivity contribution in [2.24, 2.45) is 0 Å². The topological polar surface area (TPSA) is 61.9 Å². The number of anilines is 1. The summed E-state index contributed by atoms with van der Waals surface area (Å²) >= 11 is 6.04. The van der Waals surface area contributed by atoms with Crippen molar-refractivity contribution in [1.29, 1.82) is 0 Å². The highest BCUT2D eigenvalue weighted by Gasteiger charge is 2.25. The number of amides is 2. The zero-order valence-electron chi connectivity index (χ0n) is 16.2. The summed E-state index contributed by atoms with van der Waals surface area (Å²) in [5, 5.41) is 3.26. The van der Waals surface area contributed by atoms with Gasteiger partial charge in [0.1, 0.15) is 5.75 Å². The van der Waals surface area contributed by atoms with E-state index >= 15 is 0 Å². The van der Waals surface area contributed by atoms with Crippen LogP contribution in [0, 0.1) is 0 Å². The van der Waals surface area contributed by atoms with E-state index < -0.39 is 6.61 Å². The number of piperazine rings is 1. The molecule has 1 aliphatic rings. The Kier molecular flexibility index (Phi) is 7.59. The summed E-state index contributed by atoms with van der Waals surface area (Å²) in [6.45, 7) is -0.398. The summed E-state index contributed by atoms with van der Waals surface area (Å²) in [7, 11) is 0. The number of nitrogens with one attached hydrogen (secondary N) is 1. The molecular formula is C21H22ClF2N3O3. The molecule has 0 aliphatic carbocycles. The number of carbonyl (C=O) groups is 2. The highest BCUT2D eigenvalue weighted by molar-refractivity contribution is 6.33. The number of hydrogen-bond donors (Lipinski definition) is 1. The van der Waals surface area contributed by atoms with E-state index in [-0.39, 0.29) is 23.1 Å². The van der Waals surface area contributed by atoms with E-state index in [4.69, 9.17) is 11.6 Å². The highest BCUT2D eigenvalue weighted by atomic mass is 35.5. The number of alkyl halides is 2. The Morgan fingerprint density at radius 3 is 2.40 bits per heavy atom. The number of hydrogen-bond acceptors (Lipinski definition) is 4. The quantitative estimate of drug-likeness (QED) is 0.717. The van der Waals surface area contributed by atoms with Crippen LogP contribution >= 0.6 is 11.6 Å². The standard InChI is InChI=1S/C21H22ClF2N3O3/c22-16-6-2-3-7-17(16)25-19(28)9-10-26-11-13-27(14-12-26)20(29)15-5-1-4-8-18(15)30-21(23)24/h1-8,21H,9-14H2,(H,25,28). The van der Waals surface area contributed by atoms with Gasteiger partial charge in [0.15, 0.2) is 0 Å². The molecule has 0 bridgehead atoms. The lowest BCUT2D eigenvalue weighted by molar-refractivity contribution is -0.116. The molecule has 3 rings (SSSR count). The second-order valence-corrected chi connectivity index (χ2v) is 7.19. The molecule has 1 saturated heterocycles. The Morgan fingerprint density at radius 1 is 1.03 bits per heavy atom. The van der Waals surface area contributed by atoms with Gasteiger partial charge in [-0.2, -0.15) is 8.78 Å². The summed E-state index contributed by atoms with van der Waals surface area (Å²) < 4.78 is 29.6. The molecule has 0 atom stereocenters. The van der Waals surface area contributed by atoms with Gasteiger partial charge in [-0.25, -0.2) is 0 Å². The molecule has 1 fully saturated rings. The molecule has 0 radical (unpaired) electrons. The van der Waals surface area contributed by atoms with Crippen molar-refractivity contribution in [2.75, 3.05) is 38.0 Å². The highest BCUT2D eigenvalue weighted by Crippen LogP contribution is 2.23. The second-order valence-electron chi connectivity index (χ2n) is 6.79. The van der Waals surface area contributed by atoms with Crippen LogP contribution in [0.25, 0.3) is 0 Å². The van der Waals surface area contributed by atoms with Crippen molar-refractivity contribution >= 4 is 29.1 Å². The van der Waals surface area contributed by atoms with Crippen LogP contribution in [-0.4, -0.2) is 60.9 Å². The first-order valence-corrected chi connectivity index (χ1v) is 9.91. The summed E-state index contributed by atoms with van der Waals surface area (Å²) in [5.41, 5.74) is 0.689. The van der Waals surface area contributed by atoms with Gasteiger partial charge in [0.25, 0.3) is 5.91 Å². The Morgan fingerprint density at radius 2 is 1.70 bits per heavy atom. The van der Waals surface area contributed by atoms with Gasteiger partial charge in [0.2, 0.25) is 5.91 Å². The zero-order valence-corrected chi connectivity index (χ0v) is 16.9. The van der Waals surface area contributed by atoms with Gasteiger partial charge in [-0.1, -0.05) is 35.9 Å². The summed E-state index contributed by atoms with van der Waals surface area (Å²) in [6.07, 6.45) is 0.296. The fourth-order valence-electron chi connectivity index (χ4n) is 3.22. The van der Waals surface area contributed by atoms with E-state index in [1.165, 1.54) is 12.1 Å². The molecule has 1 heterocycles. The minimum atomic E-state index is -2.99. The molecule has 2 aromatic rings. The second kappa shape index (κ2) is 10.4. The third kappa shape index (κ3) is 5.90. The van der Waals surface area contributed by atoms with E-state index in [0.29, 0.717) is 49.9 Å². The predicted molar refractivity (Wildman–Crippen MR) is 110 cm³/mol. The van der Waals surface area contributed by atoms with Gasteiger partial charge in [-0.05, 0) is 24.3 Å². The van der Waals surface area contributed by atoms with Crippen LogP contribution in [0.1, 0.15) is 16.8 Å². The van der Waals surface area contributed by atoms with Crippen LogP contribution in [0.15, 0.2) is 48.5 Å². The number of carbonyl (C=O) groups excluding carboxylic acids is 2. The molecule has 2 aromatic carbocycles. The Hall–Kier alpha value is -2.71. The number of ether oxygens (including phenoxy) is 1. The molecule has 9 heteroatoms. The fraction of sp³-hybridized carbons (Fsp3) is 0.333. The minimum absolute atomic E-state index is 0.116. The molecule has 1 N–H and O–H groups in total. The molecule has 0 aromatic heterocycles. The average Bonchev–Trinajstić information content (AvgIpc) is 2.74. The maximum Gasteiger partial charge on any atom is 0.387 e. The maximum absolute atomic E-state index is 12.7. The number of rotatable bonds is 7. The minimum Gasteiger partial charge on any atom is -0.434 e. The van der Waals surface area contributed by atoms with Gasteiger partial charge < -0.3 is 15.0 Å². The van der Waals surface area contributed by atoms with Gasteiger partial charge in [0, 0.05) is 39.1 Å². The lowest BCUT2D eigenvalue weighted by atomic mass is 10.1. The van der Waals surface area contributed by atoms with Crippen LogP contribution in [0.3, 0.4) is 0 Å². The third-order valence-corrected chi connectivity index (χ3v) is 5.13. The summed E-state index contributed by atoms with van der Waals surface area (Å²) in [4.78, 5) is 28.6. The van der Waals surface area contributed by atoms with Crippen LogP contribution in [-0.2, 0) is 4.79 Å². The van der Waals surface area contributed by atoms with Crippen molar-refractivity contribution in [3.05, 3.63) is 59.1 Å². The Bertz CT molecular complexity index is 889. The zero-order chi connectivity index (χ0) is 21.5. The molecule has 0 unspecified atom stereocenters. The van der Waals surface area contributed by atoms with Gasteiger partial charge >= 0.3 is 6.61 Å². The Labute approximate surface area is 178 Å². The first kappa shape index (κ1) is 22.0. The third-order valence-electron chi connectivity index (χ3n) is 4.80. The molecular weight excluding hydrogens is 416 g/mol. The SMILES string of the molecule is O=C(CCN1CCN(C(=O)c2ccccc2OC(F)F)CC1)Nc1ccccc1Cl. The average molecular weight is 438 g/mol. The van der Waals surface area contributed by atoms with E-state index in [2.05, 4.69) is 15.0 Å². The largest absolute Gasteiger partial charge is 0.434 e. The normalized spacial score (nSPS) is 14.6. The lowest BCUT2D eigenvalue weighted by Crippen LogP contribution is -2.49. The first-order valence-electron chi connectivity index (χ1n) is 9.54. The van der Waals surface area contributed by atoms with Crippen molar-refractivity contribution in [3.63, 3.8) is 0 Å². The van der Waals surface area contributed by atoms with Gasteiger partial charge in [0.05, 0.1) is 16.3 Å². The van der Waals surface area contributed by atoms with E-state index in [0.717, 1.165) is 0 Å². The maximum atomic E-state index is 12.7. The first-order chi connectivity index (χ1) is 14.4. The van der Waals surface area contributed by atoms with Crippen molar-refractivity contribution in [3.8, 4) is 5.75 Å². The fourth-order valence-corrected chi connectivity index (χ4v) is 3.40. The van der Waals surface area contributed by atoms with Crippen LogP contribution < -0.4 is 10.1 Å². The molecule has 0 spiro atoms. The number of nitrogens with zero attached hydrogens (tertiary/aromatic N) is 2. The smallest absolute Gasteiger partial charge is 0.387 e. The van der Waals surface area contributed by atoms with Crippen LogP contribution in [0.5, 0.6) is 5.75 Å². The molecule has 0 saturated carbocycles. The molecule has 2 amide bonds. The molecule has 6 nitrogen and oxygen atoms in total. The lowest BCUT2D eigenvalue weighted by Gasteiger charge is -2.34. The van der Waals surface area contributed by atoms with Gasteiger partial charge in [-0.3, -0.25) is 14.5 Å². The van der Waals surface area contributed by atoms with E-state index in [9.17, 15) is 18.4 Å². The van der Waals surface area contributed by atoms with Crippen LogP contribution in [0.2, 0.25) is 5.02 Å². The summed E-state index contributed by atoms with van der Waals surface area (Å²) in [6, 6.07) is 13.0. The molecule has 160 valence electrons. The number of benzene rings is 2. The van der Waals surface area contributed by atoms with Crippen LogP contribution in [0.4, 0.5) is 14.5 Å². The van der Waals surface area contributed by atoms with E-state index in [1.54, 1.807) is 41.3 Å². The predicted octanol–water partition coefficient (Wildman–Crippen LogP) is 3.73.